The summed E-state index contributed by atoms with van der Waals surface area (Å²) in [6, 6.07) is 10.4. The SMILES string of the molecule is CC(=O)N(CC(=O)N(Cc1ccccc1)C(C)C)C1CCCC1. The van der Waals surface area contributed by atoms with Gasteiger partial charge in [0, 0.05) is 25.6 Å². The number of hydrogen-bond acceptors (Lipinski definition) is 2. The summed E-state index contributed by atoms with van der Waals surface area (Å²) >= 11 is 0. The lowest BCUT2D eigenvalue weighted by Crippen LogP contribution is -2.47. The normalized spacial score (nSPS) is 15.0. The van der Waals surface area contributed by atoms with Gasteiger partial charge in [-0.2, -0.15) is 0 Å². The van der Waals surface area contributed by atoms with E-state index in [1.54, 1.807) is 11.8 Å². The smallest absolute Gasteiger partial charge is 0.242 e. The maximum Gasteiger partial charge on any atom is 0.242 e. The topological polar surface area (TPSA) is 40.6 Å². The summed E-state index contributed by atoms with van der Waals surface area (Å²) in [7, 11) is 0. The highest BCUT2D eigenvalue weighted by Gasteiger charge is 2.28. The fraction of sp³-hybridized carbons (Fsp3) is 0.579. The number of rotatable bonds is 6. The number of nitrogens with zero attached hydrogens (tertiary/aromatic N) is 2. The molecule has 0 radical (unpaired) electrons. The van der Waals surface area contributed by atoms with Crippen LogP contribution in [-0.4, -0.2) is 40.2 Å². The summed E-state index contributed by atoms with van der Waals surface area (Å²) in [5.74, 6) is 0.0413. The molecule has 2 rings (SSSR count). The lowest BCUT2D eigenvalue weighted by atomic mass is 10.1. The number of carbonyl (C=O) groups excluding carboxylic acids is 2. The first kappa shape index (κ1) is 17.5. The molecule has 2 amide bonds. The predicted octanol–water partition coefficient (Wildman–Crippen LogP) is 3.21. The second-order valence-electron chi connectivity index (χ2n) is 6.69. The molecule has 0 saturated heterocycles. The molecule has 1 aliphatic rings. The van der Waals surface area contributed by atoms with Gasteiger partial charge in [-0.15, -0.1) is 0 Å². The highest BCUT2D eigenvalue weighted by molar-refractivity contribution is 5.84. The molecule has 0 bridgehead atoms. The van der Waals surface area contributed by atoms with Crippen LogP contribution in [0.25, 0.3) is 0 Å². The van der Waals surface area contributed by atoms with Crippen molar-refractivity contribution < 1.29 is 9.59 Å². The largest absolute Gasteiger partial charge is 0.334 e. The molecule has 0 atom stereocenters. The van der Waals surface area contributed by atoms with Gasteiger partial charge in [-0.25, -0.2) is 0 Å². The third-order valence-electron chi connectivity index (χ3n) is 4.61. The summed E-state index contributed by atoms with van der Waals surface area (Å²) in [5.41, 5.74) is 1.12. The molecule has 0 heterocycles. The van der Waals surface area contributed by atoms with Crippen molar-refractivity contribution in [3.8, 4) is 0 Å². The van der Waals surface area contributed by atoms with Gasteiger partial charge in [0.25, 0.3) is 0 Å². The average Bonchev–Trinajstić information content (AvgIpc) is 3.04. The number of benzene rings is 1. The van der Waals surface area contributed by atoms with E-state index in [9.17, 15) is 9.59 Å². The number of carbonyl (C=O) groups is 2. The van der Waals surface area contributed by atoms with Crippen molar-refractivity contribution >= 4 is 11.8 Å². The lowest BCUT2D eigenvalue weighted by Gasteiger charge is -2.32. The molecule has 0 spiro atoms. The van der Waals surface area contributed by atoms with Crippen molar-refractivity contribution in [2.45, 2.75) is 65.1 Å². The third kappa shape index (κ3) is 4.81. The van der Waals surface area contributed by atoms with Crippen LogP contribution in [0.5, 0.6) is 0 Å². The fourth-order valence-corrected chi connectivity index (χ4v) is 3.29. The predicted molar refractivity (Wildman–Crippen MR) is 91.8 cm³/mol. The van der Waals surface area contributed by atoms with Crippen molar-refractivity contribution in [2.24, 2.45) is 0 Å². The Morgan fingerprint density at radius 1 is 1.13 bits per heavy atom. The summed E-state index contributed by atoms with van der Waals surface area (Å²) in [5, 5.41) is 0. The van der Waals surface area contributed by atoms with E-state index in [0.29, 0.717) is 6.54 Å². The van der Waals surface area contributed by atoms with Crippen LogP contribution in [0.3, 0.4) is 0 Å². The first-order chi connectivity index (χ1) is 11.0. The number of amides is 2. The summed E-state index contributed by atoms with van der Waals surface area (Å²) < 4.78 is 0. The standard InChI is InChI=1S/C19H28N2O2/c1-15(2)20(13-17-9-5-4-6-10-17)19(23)14-21(16(3)22)18-11-7-8-12-18/h4-6,9-10,15,18H,7-8,11-14H2,1-3H3. The maximum atomic E-state index is 12.8. The van der Waals surface area contributed by atoms with Crippen molar-refractivity contribution in [3.63, 3.8) is 0 Å². The Labute approximate surface area is 139 Å². The Morgan fingerprint density at radius 3 is 2.26 bits per heavy atom. The van der Waals surface area contributed by atoms with Gasteiger partial charge in [-0.1, -0.05) is 43.2 Å². The monoisotopic (exact) mass is 316 g/mol. The molecule has 126 valence electrons. The van der Waals surface area contributed by atoms with E-state index in [2.05, 4.69) is 0 Å². The minimum absolute atomic E-state index is 0.00803. The Hall–Kier alpha value is -1.84. The molecule has 1 aliphatic carbocycles. The Balaban J connectivity index is 2.05. The van der Waals surface area contributed by atoms with Crippen LogP contribution >= 0.6 is 0 Å². The molecule has 0 N–H and O–H groups in total. The van der Waals surface area contributed by atoms with Crippen LogP contribution in [0.15, 0.2) is 30.3 Å². The average molecular weight is 316 g/mol. The Kier molecular flexibility index (Phi) is 6.20. The van der Waals surface area contributed by atoms with Gasteiger partial charge >= 0.3 is 0 Å². The molecule has 0 aliphatic heterocycles. The fourth-order valence-electron chi connectivity index (χ4n) is 3.29. The Bertz CT molecular complexity index is 521. The molecule has 4 nitrogen and oxygen atoms in total. The molecule has 4 heteroatoms. The molecule has 1 saturated carbocycles. The highest BCUT2D eigenvalue weighted by Crippen LogP contribution is 2.24. The lowest BCUT2D eigenvalue weighted by molar-refractivity contribution is -0.142. The molecule has 1 aromatic rings. The zero-order valence-electron chi connectivity index (χ0n) is 14.5. The Morgan fingerprint density at radius 2 is 1.74 bits per heavy atom. The van der Waals surface area contributed by atoms with Crippen LogP contribution in [0.1, 0.15) is 52.0 Å². The molecule has 0 aromatic heterocycles. The van der Waals surface area contributed by atoms with Gasteiger partial charge in [0.2, 0.25) is 11.8 Å². The third-order valence-corrected chi connectivity index (χ3v) is 4.61. The molecular formula is C19H28N2O2. The van der Waals surface area contributed by atoms with Gasteiger partial charge in [0.1, 0.15) is 6.54 Å². The van der Waals surface area contributed by atoms with E-state index in [1.165, 1.54) is 0 Å². The molecule has 1 aromatic carbocycles. The van der Waals surface area contributed by atoms with E-state index in [-0.39, 0.29) is 30.4 Å². The van der Waals surface area contributed by atoms with Crippen LogP contribution in [0, 0.1) is 0 Å². The van der Waals surface area contributed by atoms with E-state index < -0.39 is 0 Å². The summed E-state index contributed by atoms with van der Waals surface area (Å²) in [6.45, 7) is 6.41. The summed E-state index contributed by atoms with van der Waals surface area (Å²) in [4.78, 5) is 28.4. The van der Waals surface area contributed by atoms with Crippen LogP contribution in [0.4, 0.5) is 0 Å². The van der Waals surface area contributed by atoms with Crippen molar-refractivity contribution in [1.29, 1.82) is 0 Å². The minimum atomic E-state index is 0.00803. The van der Waals surface area contributed by atoms with E-state index in [1.807, 2.05) is 49.1 Å². The summed E-state index contributed by atoms with van der Waals surface area (Å²) in [6.07, 6.45) is 4.35. The van der Waals surface area contributed by atoms with Crippen molar-refractivity contribution in [3.05, 3.63) is 35.9 Å². The van der Waals surface area contributed by atoms with Gasteiger partial charge in [0.15, 0.2) is 0 Å². The van der Waals surface area contributed by atoms with Gasteiger partial charge in [-0.3, -0.25) is 9.59 Å². The van der Waals surface area contributed by atoms with E-state index in [0.717, 1.165) is 31.2 Å². The maximum absolute atomic E-state index is 12.8. The van der Waals surface area contributed by atoms with Crippen molar-refractivity contribution in [2.75, 3.05) is 6.54 Å². The second kappa shape index (κ2) is 8.14. The molecule has 23 heavy (non-hydrogen) atoms. The van der Waals surface area contributed by atoms with Gasteiger partial charge < -0.3 is 9.80 Å². The molecule has 0 unspecified atom stereocenters. The zero-order valence-corrected chi connectivity index (χ0v) is 14.5. The van der Waals surface area contributed by atoms with Gasteiger partial charge in [0.05, 0.1) is 0 Å². The second-order valence-corrected chi connectivity index (χ2v) is 6.69. The molecular weight excluding hydrogens is 288 g/mol. The van der Waals surface area contributed by atoms with E-state index >= 15 is 0 Å². The molecule has 1 fully saturated rings. The highest BCUT2D eigenvalue weighted by atomic mass is 16.2. The minimum Gasteiger partial charge on any atom is -0.334 e. The number of hydrogen-bond donors (Lipinski definition) is 0. The van der Waals surface area contributed by atoms with Crippen molar-refractivity contribution in [1.82, 2.24) is 9.80 Å². The first-order valence-electron chi connectivity index (χ1n) is 8.59. The zero-order chi connectivity index (χ0) is 16.8. The van der Waals surface area contributed by atoms with Crippen LogP contribution in [0.2, 0.25) is 0 Å². The van der Waals surface area contributed by atoms with Gasteiger partial charge in [-0.05, 0) is 32.3 Å². The first-order valence-corrected chi connectivity index (χ1v) is 8.59. The van der Waals surface area contributed by atoms with Crippen LogP contribution in [-0.2, 0) is 16.1 Å². The quantitative estimate of drug-likeness (QED) is 0.808. The van der Waals surface area contributed by atoms with E-state index in [4.69, 9.17) is 0 Å². The van der Waals surface area contributed by atoms with Crippen LogP contribution < -0.4 is 0 Å².